The lowest BCUT2D eigenvalue weighted by molar-refractivity contribution is -0.141. The van der Waals surface area contributed by atoms with E-state index in [1.54, 1.807) is 0 Å². The number of rotatable bonds is 1. The first-order valence-electron chi connectivity index (χ1n) is 4.23. The number of hydrogen-bond donors (Lipinski definition) is 0. The molecule has 0 radical (unpaired) electrons. The highest BCUT2D eigenvalue weighted by atomic mass is 19.4. The van der Waals surface area contributed by atoms with Crippen molar-refractivity contribution in [1.82, 2.24) is 9.97 Å². The van der Waals surface area contributed by atoms with E-state index in [0.29, 0.717) is 11.4 Å². The lowest BCUT2D eigenvalue weighted by atomic mass is 10.1. The predicted octanol–water partition coefficient (Wildman–Crippen LogP) is 2.93. The van der Waals surface area contributed by atoms with Crippen molar-refractivity contribution in [3.05, 3.63) is 23.3 Å². The van der Waals surface area contributed by atoms with Gasteiger partial charge in [0.1, 0.15) is 0 Å². The molecule has 1 heterocycles. The van der Waals surface area contributed by atoms with Crippen molar-refractivity contribution in [2.45, 2.75) is 32.9 Å². The van der Waals surface area contributed by atoms with Crippen LogP contribution in [0.15, 0.2) is 6.20 Å². The minimum Gasteiger partial charge on any atom is -0.257 e. The lowest BCUT2D eigenvalue weighted by Gasteiger charge is -2.10. The summed E-state index contributed by atoms with van der Waals surface area (Å²) in [6.45, 7) is 5.27. The number of nitrogens with zero attached hydrogens (tertiary/aromatic N) is 2. The average molecular weight is 204 g/mol. The smallest absolute Gasteiger partial charge is 0.257 e. The first-order chi connectivity index (χ1) is 6.32. The Labute approximate surface area is 80.2 Å². The Balaban J connectivity index is 3.13. The lowest BCUT2D eigenvalue weighted by Crippen LogP contribution is -2.11. The van der Waals surface area contributed by atoms with Crippen molar-refractivity contribution >= 4 is 0 Å². The van der Waals surface area contributed by atoms with E-state index in [1.807, 2.05) is 13.8 Å². The molecule has 5 heteroatoms. The molecule has 0 aromatic carbocycles. The maximum atomic E-state index is 12.2. The second-order valence-corrected chi connectivity index (χ2v) is 3.38. The van der Waals surface area contributed by atoms with Gasteiger partial charge in [-0.05, 0) is 12.8 Å². The monoisotopic (exact) mass is 204 g/mol. The van der Waals surface area contributed by atoms with Crippen LogP contribution in [0.1, 0.15) is 36.8 Å². The Hall–Kier alpha value is -1.13. The fraction of sp³-hybridized carbons (Fsp3) is 0.556. The molecule has 14 heavy (non-hydrogen) atoms. The maximum absolute atomic E-state index is 12.2. The van der Waals surface area contributed by atoms with Crippen LogP contribution in [0.3, 0.4) is 0 Å². The molecule has 0 fully saturated rings. The van der Waals surface area contributed by atoms with Gasteiger partial charge in [-0.15, -0.1) is 0 Å². The average Bonchev–Trinajstić information content (AvgIpc) is 2.01. The molecular weight excluding hydrogens is 193 g/mol. The molecule has 0 aliphatic rings. The van der Waals surface area contributed by atoms with Gasteiger partial charge in [0, 0.05) is 0 Å². The molecule has 1 aromatic heterocycles. The van der Waals surface area contributed by atoms with Gasteiger partial charge in [-0.2, -0.15) is 13.2 Å². The summed E-state index contributed by atoms with van der Waals surface area (Å²) < 4.78 is 36.6. The zero-order valence-electron chi connectivity index (χ0n) is 8.18. The summed E-state index contributed by atoms with van der Waals surface area (Å²) in [5.41, 5.74) is 0.0206. The van der Waals surface area contributed by atoms with Crippen LogP contribution in [-0.4, -0.2) is 9.97 Å². The Morgan fingerprint density at radius 3 is 2.21 bits per heavy atom. The first kappa shape index (κ1) is 10.9. The van der Waals surface area contributed by atoms with Gasteiger partial charge in [-0.25, -0.2) is 4.98 Å². The van der Waals surface area contributed by atoms with E-state index in [9.17, 15) is 13.2 Å². The zero-order valence-corrected chi connectivity index (χ0v) is 8.18. The molecule has 0 saturated heterocycles. The summed E-state index contributed by atoms with van der Waals surface area (Å²) in [5, 5.41) is 0. The van der Waals surface area contributed by atoms with Gasteiger partial charge in [0.05, 0.1) is 17.6 Å². The third-order valence-electron chi connectivity index (χ3n) is 1.82. The molecule has 0 aliphatic heterocycles. The van der Waals surface area contributed by atoms with Crippen molar-refractivity contribution < 1.29 is 13.2 Å². The standard InChI is InChI=1S/C9H11F3N2/c1-5(2)8-6(3)14-7(4-13-8)9(10,11)12/h4-5H,1-3H3. The predicted molar refractivity (Wildman–Crippen MR) is 45.9 cm³/mol. The summed E-state index contributed by atoms with van der Waals surface area (Å²) in [7, 11) is 0. The number of halogens is 3. The Kier molecular flexibility index (Phi) is 2.78. The Morgan fingerprint density at radius 1 is 1.29 bits per heavy atom. The van der Waals surface area contributed by atoms with Crippen molar-refractivity contribution in [3.8, 4) is 0 Å². The van der Waals surface area contributed by atoms with Gasteiger partial charge >= 0.3 is 6.18 Å². The van der Waals surface area contributed by atoms with Crippen LogP contribution < -0.4 is 0 Å². The van der Waals surface area contributed by atoms with E-state index >= 15 is 0 Å². The van der Waals surface area contributed by atoms with Crippen LogP contribution in [-0.2, 0) is 6.18 Å². The molecule has 0 spiro atoms. The topological polar surface area (TPSA) is 25.8 Å². The second kappa shape index (κ2) is 3.55. The van der Waals surface area contributed by atoms with Crippen molar-refractivity contribution in [3.63, 3.8) is 0 Å². The highest BCUT2D eigenvalue weighted by molar-refractivity contribution is 5.16. The van der Waals surface area contributed by atoms with E-state index in [1.165, 1.54) is 6.92 Å². The quantitative estimate of drug-likeness (QED) is 0.702. The molecule has 0 saturated carbocycles. The normalized spacial score (nSPS) is 12.2. The van der Waals surface area contributed by atoms with Crippen LogP contribution in [0.25, 0.3) is 0 Å². The third kappa shape index (κ3) is 2.21. The van der Waals surface area contributed by atoms with Crippen LogP contribution in [0.4, 0.5) is 13.2 Å². The summed E-state index contributed by atoms with van der Waals surface area (Å²) in [5.74, 6) is 0.0878. The molecule has 1 aromatic rings. The van der Waals surface area contributed by atoms with Crippen molar-refractivity contribution in [1.29, 1.82) is 0 Å². The van der Waals surface area contributed by atoms with Crippen LogP contribution >= 0.6 is 0 Å². The van der Waals surface area contributed by atoms with E-state index in [0.717, 1.165) is 6.20 Å². The van der Waals surface area contributed by atoms with Crippen molar-refractivity contribution in [2.75, 3.05) is 0 Å². The third-order valence-corrected chi connectivity index (χ3v) is 1.82. The molecule has 1 rings (SSSR count). The maximum Gasteiger partial charge on any atom is 0.434 e. The Morgan fingerprint density at radius 2 is 1.86 bits per heavy atom. The second-order valence-electron chi connectivity index (χ2n) is 3.38. The van der Waals surface area contributed by atoms with Gasteiger partial charge in [-0.1, -0.05) is 13.8 Å². The number of alkyl halides is 3. The van der Waals surface area contributed by atoms with Gasteiger partial charge in [0.2, 0.25) is 0 Å². The summed E-state index contributed by atoms with van der Waals surface area (Å²) in [6, 6.07) is 0. The van der Waals surface area contributed by atoms with Crippen LogP contribution in [0.5, 0.6) is 0 Å². The van der Waals surface area contributed by atoms with Gasteiger partial charge in [0.15, 0.2) is 5.69 Å². The zero-order chi connectivity index (χ0) is 10.9. The minimum absolute atomic E-state index is 0.0878. The highest BCUT2D eigenvalue weighted by Crippen LogP contribution is 2.28. The molecule has 2 nitrogen and oxygen atoms in total. The summed E-state index contributed by atoms with van der Waals surface area (Å²) in [4.78, 5) is 7.24. The summed E-state index contributed by atoms with van der Waals surface area (Å²) in [6.07, 6.45) is -3.63. The molecule has 0 unspecified atom stereocenters. The molecule has 0 atom stereocenters. The molecule has 0 N–H and O–H groups in total. The minimum atomic E-state index is -4.41. The largest absolute Gasteiger partial charge is 0.434 e. The van der Waals surface area contributed by atoms with Crippen LogP contribution in [0, 0.1) is 6.92 Å². The number of aromatic nitrogens is 2. The van der Waals surface area contributed by atoms with E-state index in [4.69, 9.17) is 0 Å². The molecule has 0 bridgehead atoms. The number of aryl methyl sites for hydroxylation is 1. The van der Waals surface area contributed by atoms with Gasteiger partial charge in [-0.3, -0.25) is 4.98 Å². The fourth-order valence-electron chi connectivity index (χ4n) is 1.19. The van der Waals surface area contributed by atoms with Gasteiger partial charge in [0.25, 0.3) is 0 Å². The fourth-order valence-corrected chi connectivity index (χ4v) is 1.19. The van der Waals surface area contributed by atoms with E-state index < -0.39 is 11.9 Å². The van der Waals surface area contributed by atoms with Gasteiger partial charge < -0.3 is 0 Å². The first-order valence-corrected chi connectivity index (χ1v) is 4.23. The molecule has 0 amide bonds. The van der Waals surface area contributed by atoms with E-state index in [2.05, 4.69) is 9.97 Å². The number of hydrogen-bond acceptors (Lipinski definition) is 2. The van der Waals surface area contributed by atoms with Crippen molar-refractivity contribution in [2.24, 2.45) is 0 Å². The van der Waals surface area contributed by atoms with Crippen LogP contribution in [0.2, 0.25) is 0 Å². The summed E-state index contributed by atoms with van der Waals surface area (Å²) >= 11 is 0. The molecular formula is C9H11F3N2. The highest BCUT2D eigenvalue weighted by Gasteiger charge is 2.33. The Bertz CT molecular complexity index is 331. The SMILES string of the molecule is Cc1nc(C(F)(F)F)cnc1C(C)C. The molecule has 78 valence electrons. The molecule has 0 aliphatic carbocycles. The van der Waals surface area contributed by atoms with E-state index in [-0.39, 0.29) is 5.92 Å².